The Hall–Kier alpha value is -3.70. The van der Waals surface area contributed by atoms with Crippen LogP contribution >= 0.6 is 0 Å². The van der Waals surface area contributed by atoms with Gasteiger partial charge in [-0.3, -0.25) is 10.1 Å². The second-order valence-corrected chi connectivity index (χ2v) is 4.92. The predicted molar refractivity (Wildman–Crippen MR) is 86.7 cm³/mol. The molecule has 0 heterocycles. The lowest BCUT2D eigenvalue weighted by Gasteiger charge is -2.02. The fourth-order valence-corrected chi connectivity index (χ4v) is 1.78. The molecular weight excluding hydrogens is 392 g/mol. The number of hydrogen-bond donors (Lipinski definition) is 2. The molecule has 150 valence electrons. The van der Waals surface area contributed by atoms with Crippen molar-refractivity contribution < 1.29 is 41.9 Å². The summed E-state index contributed by atoms with van der Waals surface area (Å²) < 4.78 is 55.8. The molecular formula is C16H12F4N2O6. The van der Waals surface area contributed by atoms with Gasteiger partial charge in [-0.15, -0.1) is 0 Å². The number of carboxylic acid groups (broad SMARTS) is 1. The van der Waals surface area contributed by atoms with Gasteiger partial charge in [0.15, 0.2) is 0 Å². The summed E-state index contributed by atoms with van der Waals surface area (Å²) in [7, 11) is 0. The molecule has 2 aromatic carbocycles. The molecule has 0 radical (unpaired) electrons. The molecule has 0 aliphatic carbocycles. The number of nitro benzene ring substituents is 1. The van der Waals surface area contributed by atoms with Gasteiger partial charge in [-0.25, -0.2) is 18.4 Å². The summed E-state index contributed by atoms with van der Waals surface area (Å²) in [6, 6.07) is 2.47. The zero-order valence-corrected chi connectivity index (χ0v) is 14.0. The molecule has 0 bridgehead atoms. The predicted octanol–water partition coefficient (Wildman–Crippen LogP) is 3.29. The first-order chi connectivity index (χ1) is 13.0. The normalized spacial score (nSPS) is 9.89. The van der Waals surface area contributed by atoms with E-state index in [4.69, 9.17) is 10.8 Å². The maximum atomic E-state index is 13.1. The SMILES string of the molecule is CCOC(=O)c1cc(F)c([N+](=O)[O-])c(F)c1.Nc1c(F)cc(C(=O)O)cc1F. The summed E-state index contributed by atoms with van der Waals surface area (Å²) >= 11 is 0. The smallest absolute Gasteiger partial charge is 0.340 e. The van der Waals surface area contributed by atoms with Crippen molar-refractivity contribution >= 4 is 23.3 Å². The summed E-state index contributed by atoms with van der Waals surface area (Å²) in [5.74, 6) is -7.27. The quantitative estimate of drug-likeness (QED) is 0.263. The van der Waals surface area contributed by atoms with Crippen LogP contribution in [-0.2, 0) is 4.74 Å². The number of carbonyl (C=O) groups is 2. The van der Waals surface area contributed by atoms with E-state index in [0.717, 1.165) is 0 Å². The van der Waals surface area contributed by atoms with Gasteiger partial charge in [-0.1, -0.05) is 0 Å². The van der Waals surface area contributed by atoms with Crippen LogP contribution in [0.2, 0.25) is 0 Å². The van der Waals surface area contributed by atoms with Crippen LogP contribution in [0.4, 0.5) is 28.9 Å². The zero-order chi connectivity index (χ0) is 21.6. The van der Waals surface area contributed by atoms with Gasteiger partial charge in [0, 0.05) is 0 Å². The molecule has 8 nitrogen and oxygen atoms in total. The Labute approximate surface area is 154 Å². The Bertz CT molecular complexity index is 889. The number of esters is 1. The maximum absolute atomic E-state index is 13.1. The highest BCUT2D eigenvalue weighted by Gasteiger charge is 2.24. The van der Waals surface area contributed by atoms with Gasteiger partial charge < -0.3 is 15.6 Å². The van der Waals surface area contributed by atoms with Crippen LogP contribution in [0.5, 0.6) is 0 Å². The summed E-state index contributed by atoms with van der Waals surface area (Å²) in [4.78, 5) is 30.4. The van der Waals surface area contributed by atoms with Gasteiger partial charge in [0.05, 0.1) is 22.7 Å². The number of aromatic carboxylic acids is 1. The monoisotopic (exact) mass is 404 g/mol. The van der Waals surface area contributed by atoms with Gasteiger partial charge in [-0.05, 0) is 31.2 Å². The van der Waals surface area contributed by atoms with Crippen molar-refractivity contribution in [2.75, 3.05) is 12.3 Å². The highest BCUT2D eigenvalue weighted by atomic mass is 19.1. The van der Waals surface area contributed by atoms with Crippen LogP contribution in [0.1, 0.15) is 27.6 Å². The Morgan fingerprint density at radius 1 is 1.04 bits per heavy atom. The number of nitrogens with zero attached hydrogens (tertiary/aromatic N) is 1. The zero-order valence-electron chi connectivity index (χ0n) is 14.0. The highest BCUT2D eigenvalue weighted by Crippen LogP contribution is 2.23. The third-order valence-corrected chi connectivity index (χ3v) is 3.04. The number of benzene rings is 2. The lowest BCUT2D eigenvalue weighted by molar-refractivity contribution is -0.390. The van der Waals surface area contributed by atoms with E-state index in [1.54, 1.807) is 0 Å². The molecule has 0 amide bonds. The largest absolute Gasteiger partial charge is 0.478 e. The maximum Gasteiger partial charge on any atom is 0.340 e. The van der Waals surface area contributed by atoms with Crippen molar-refractivity contribution in [2.45, 2.75) is 6.92 Å². The Balaban J connectivity index is 0.000000292. The molecule has 3 N–H and O–H groups in total. The van der Waals surface area contributed by atoms with Crippen LogP contribution in [0.3, 0.4) is 0 Å². The molecule has 0 aromatic heterocycles. The number of hydrogen-bond acceptors (Lipinski definition) is 6. The van der Waals surface area contributed by atoms with Gasteiger partial charge in [0.2, 0.25) is 11.6 Å². The first kappa shape index (κ1) is 22.3. The highest BCUT2D eigenvalue weighted by molar-refractivity contribution is 5.89. The van der Waals surface area contributed by atoms with Crippen LogP contribution in [0.15, 0.2) is 24.3 Å². The molecule has 2 rings (SSSR count). The third kappa shape index (κ3) is 5.40. The molecule has 0 atom stereocenters. The van der Waals surface area contributed by atoms with Crippen molar-refractivity contribution in [3.05, 3.63) is 68.8 Å². The van der Waals surface area contributed by atoms with Crippen molar-refractivity contribution in [3.8, 4) is 0 Å². The van der Waals surface area contributed by atoms with Crippen LogP contribution in [0, 0.1) is 33.4 Å². The molecule has 0 aliphatic rings. The fourth-order valence-electron chi connectivity index (χ4n) is 1.78. The number of carbonyl (C=O) groups excluding carboxylic acids is 1. The molecule has 0 unspecified atom stereocenters. The van der Waals surface area contributed by atoms with Crippen LogP contribution in [-0.4, -0.2) is 28.6 Å². The molecule has 0 saturated carbocycles. The second-order valence-electron chi connectivity index (χ2n) is 4.92. The Kier molecular flexibility index (Phi) is 7.42. The average Bonchev–Trinajstić information content (AvgIpc) is 2.58. The summed E-state index contributed by atoms with van der Waals surface area (Å²) in [5, 5.41) is 18.6. The first-order valence-electron chi connectivity index (χ1n) is 7.27. The van der Waals surface area contributed by atoms with E-state index < -0.39 is 62.6 Å². The fraction of sp³-hybridized carbons (Fsp3) is 0.125. The van der Waals surface area contributed by atoms with Gasteiger partial charge in [-0.2, -0.15) is 8.78 Å². The number of rotatable bonds is 4. The van der Waals surface area contributed by atoms with E-state index in [9.17, 15) is 37.3 Å². The van der Waals surface area contributed by atoms with E-state index in [0.29, 0.717) is 24.3 Å². The van der Waals surface area contributed by atoms with Crippen molar-refractivity contribution in [2.24, 2.45) is 0 Å². The minimum Gasteiger partial charge on any atom is -0.478 e. The Morgan fingerprint density at radius 3 is 1.82 bits per heavy atom. The molecule has 12 heteroatoms. The molecule has 2 aromatic rings. The first-order valence-corrected chi connectivity index (χ1v) is 7.27. The van der Waals surface area contributed by atoms with E-state index in [2.05, 4.69) is 4.74 Å². The van der Waals surface area contributed by atoms with Crippen LogP contribution in [0.25, 0.3) is 0 Å². The van der Waals surface area contributed by atoms with Crippen molar-refractivity contribution in [1.82, 2.24) is 0 Å². The Morgan fingerprint density at radius 2 is 1.46 bits per heavy atom. The number of nitrogens with two attached hydrogens (primary N) is 1. The van der Waals surface area contributed by atoms with Crippen LogP contribution < -0.4 is 5.73 Å². The number of halogens is 4. The lowest BCUT2D eigenvalue weighted by atomic mass is 10.2. The van der Waals surface area contributed by atoms with Crippen molar-refractivity contribution in [3.63, 3.8) is 0 Å². The molecule has 0 spiro atoms. The summed E-state index contributed by atoms with van der Waals surface area (Å²) in [6.07, 6.45) is 0. The average molecular weight is 404 g/mol. The summed E-state index contributed by atoms with van der Waals surface area (Å²) in [6.45, 7) is 1.56. The number of carboxylic acids is 1. The molecule has 28 heavy (non-hydrogen) atoms. The number of ether oxygens (including phenoxy) is 1. The standard InChI is InChI=1S/C9H7F2NO4.C7H5F2NO2/c1-2-16-9(13)5-3-6(10)8(12(14)15)7(11)4-5;8-4-1-3(7(11)12)2-5(9)6(4)10/h3-4H,2H2,1H3;1-2H,10H2,(H,11,12). The van der Waals surface area contributed by atoms with Gasteiger partial charge >= 0.3 is 17.6 Å². The van der Waals surface area contributed by atoms with Gasteiger partial charge in [0.25, 0.3) is 0 Å². The lowest BCUT2D eigenvalue weighted by Crippen LogP contribution is -2.07. The van der Waals surface area contributed by atoms with Crippen molar-refractivity contribution in [1.29, 1.82) is 0 Å². The second kappa shape index (κ2) is 9.30. The van der Waals surface area contributed by atoms with E-state index in [-0.39, 0.29) is 6.61 Å². The molecule has 0 fully saturated rings. The van der Waals surface area contributed by atoms with Gasteiger partial charge in [0.1, 0.15) is 17.3 Å². The number of nitro groups is 1. The minimum atomic E-state index is -1.41. The van der Waals surface area contributed by atoms with E-state index in [1.165, 1.54) is 6.92 Å². The van der Waals surface area contributed by atoms with E-state index in [1.807, 2.05) is 0 Å². The third-order valence-electron chi connectivity index (χ3n) is 3.04. The molecule has 0 aliphatic heterocycles. The molecule has 0 saturated heterocycles. The topological polar surface area (TPSA) is 133 Å². The number of nitrogen functional groups attached to an aromatic ring is 1. The summed E-state index contributed by atoms with van der Waals surface area (Å²) in [5.41, 5.74) is 2.10. The minimum absolute atomic E-state index is 0.0407. The number of anilines is 1. The van der Waals surface area contributed by atoms with E-state index >= 15 is 0 Å².